The number of nitrogens with one attached hydrogen (secondary N) is 1. The summed E-state index contributed by atoms with van der Waals surface area (Å²) in [6.45, 7) is 3.53. The van der Waals surface area contributed by atoms with Crippen LogP contribution < -0.4 is 5.32 Å². The molecule has 2 saturated heterocycles. The lowest BCUT2D eigenvalue weighted by Gasteiger charge is -2.28. The third-order valence-corrected chi connectivity index (χ3v) is 3.01. The largest absolute Gasteiger partial charge is 0.352 e. The molecule has 1 N–H and O–H groups in total. The number of amides is 1. The lowest BCUT2D eigenvalue weighted by molar-refractivity contribution is -0.119. The summed E-state index contributed by atoms with van der Waals surface area (Å²) < 4.78 is 0. The van der Waals surface area contributed by atoms with Crippen LogP contribution in [-0.4, -0.2) is 36.5 Å². The first-order valence-electron chi connectivity index (χ1n) is 5.36. The van der Waals surface area contributed by atoms with Crippen molar-refractivity contribution < 1.29 is 4.79 Å². The lowest BCUT2D eigenvalue weighted by Crippen LogP contribution is -2.41. The summed E-state index contributed by atoms with van der Waals surface area (Å²) >= 11 is 0. The molecule has 0 radical (unpaired) electrons. The lowest BCUT2D eigenvalue weighted by atomic mass is 10.1. The number of hydrogen-bond donors (Lipinski definition) is 1. The molecule has 1 amide bonds. The predicted molar refractivity (Wildman–Crippen MR) is 51.5 cm³/mol. The van der Waals surface area contributed by atoms with Crippen LogP contribution in [0.4, 0.5) is 0 Å². The summed E-state index contributed by atoms with van der Waals surface area (Å²) in [4.78, 5) is 13.5. The van der Waals surface area contributed by atoms with Gasteiger partial charge in [-0.15, -0.1) is 0 Å². The maximum Gasteiger partial charge on any atom is 0.220 e. The van der Waals surface area contributed by atoms with Crippen molar-refractivity contribution in [2.24, 2.45) is 0 Å². The van der Waals surface area contributed by atoms with E-state index >= 15 is 0 Å². The minimum atomic E-state index is 0.238. The average molecular weight is 182 g/mol. The van der Waals surface area contributed by atoms with Crippen molar-refractivity contribution in [3.63, 3.8) is 0 Å². The molecule has 0 aromatic rings. The zero-order chi connectivity index (χ0) is 9.10. The van der Waals surface area contributed by atoms with Crippen LogP contribution in [0.3, 0.4) is 0 Å². The number of rotatable bonds is 2. The molecular weight excluding hydrogens is 164 g/mol. The molecule has 2 aliphatic heterocycles. The molecule has 2 fully saturated rings. The Kier molecular flexibility index (Phi) is 2.83. The van der Waals surface area contributed by atoms with Gasteiger partial charge in [0.05, 0.1) is 0 Å². The standard InChI is InChI=1S/C10H18N2O/c13-10-5-4-9(11-10)8-12-6-2-1-3-7-12/h9H,1-8H2,(H,11,13)/t9-/m1/s1. The number of carbonyl (C=O) groups is 1. The fourth-order valence-electron chi connectivity index (χ4n) is 2.27. The molecule has 0 saturated carbocycles. The molecule has 0 aliphatic carbocycles. The molecular formula is C10H18N2O. The molecule has 3 heteroatoms. The molecule has 74 valence electrons. The second-order valence-corrected chi connectivity index (χ2v) is 4.16. The molecule has 0 aromatic carbocycles. The fraction of sp³-hybridized carbons (Fsp3) is 0.900. The van der Waals surface area contributed by atoms with Crippen molar-refractivity contribution in [2.45, 2.75) is 38.1 Å². The van der Waals surface area contributed by atoms with Crippen molar-refractivity contribution in [2.75, 3.05) is 19.6 Å². The van der Waals surface area contributed by atoms with Gasteiger partial charge in [-0.1, -0.05) is 6.42 Å². The van der Waals surface area contributed by atoms with Crippen LogP contribution in [0.5, 0.6) is 0 Å². The summed E-state index contributed by atoms with van der Waals surface area (Å²) in [5.41, 5.74) is 0. The highest BCUT2D eigenvalue weighted by Gasteiger charge is 2.23. The summed E-state index contributed by atoms with van der Waals surface area (Å²) in [5.74, 6) is 0.238. The van der Waals surface area contributed by atoms with E-state index in [0.717, 1.165) is 19.4 Å². The molecule has 2 rings (SSSR count). The van der Waals surface area contributed by atoms with E-state index in [2.05, 4.69) is 10.2 Å². The Bertz CT molecular complexity index is 187. The summed E-state index contributed by atoms with van der Waals surface area (Å²) in [7, 11) is 0. The summed E-state index contributed by atoms with van der Waals surface area (Å²) in [5, 5.41) is 3.02. The van der Waals surface area contributed by atoms with Gasteiger partial charge in [-0.2, -0.15) is 0 Å². The topological polar surface area (TPSA) is 32.3 Å². The van der Waals surface area contributed by atoms with E-state index in [1.165, 1.54) is 32.4 Å². The van der Waals surface area contributed by atoms with E-state index in [4.69, 9.17) is 0 Å². The third-order valence-electron chi connectivity index (χ3n) is 3.01. The van der Waals surface area contributed by atoms with Gasteiger partial charge in [0, 0.05) is 19.0 Å². The highest BCUT2D eigenvalue weighted by molar-refractivity contribution is 5.78. The van der Waals surface area contributed by atoms with Crippen molar-refractivity contribution in [3.05, 3.63) is 0 Å². The molecule has 0 bridgehead atoms. The zero-order valence-electron chi connectivity index (χ0n) is 8.09. The van der Waals surface area contributed by atoms with Crippen LogP contribution in [0.2, 0.25) is 0 Å². The molecule has 1 atom stereocenters. The van der Waals surface area contributed by atoms with Crippen LogP contribution in [0.15, 0.2) is 0 Å². The zero-order valence-corrected chi connectivity index (χ0v) is 8.09. The minimum absolute atomic E-state index is 0.238. The van der Waals surface area contributed by atoms with Gasteiger partial charge in [0.2, 0.25) is 5.91 Å². The Hall–Kier alpha value is -0.570. The SMILES string of the molecule is O=C1CC[C@H](CN2CCCCC2)N1. The van der Waals surface area contributed by atoms with Crippen molar-refractivity contribution >= 4 is 5.91 Å². The molecule has 0 spiro atoms. The molecule has 3 nitrogen and oxygen atoms in total. The van der Waals surface area contributed by atoms with E-state index in [0.29, 0.717) is 6.04 Å². The van der Waals surface area contributed by atoms with E-state index < -0.39 is 0 Å². The third kappa shape index (κ3) is 2.44. The Morgan fingerprint density at radius 3 is 2.69 bits per heavy atom. The van der Waals surface area contributed by atoms with Crippen molar-refractivity contribution in [1.29, 1.82) is 0 Å². The maximum absolute atomic E-state index is 11.0. The molecule has 0 aromatic heterocycles. The van der Waals surface area contributed by atoms with Gasteiger partial charge in [0.15, 0.2) is 0 Å². The van der Waals surface area contributed by atoms with Crippen LogP contribution in [0, 0.1) is 0 Å². The van der Waals surface area contributed by atoms with Crippen LogP contribution in [0.25, 0.3) is 0 Å². The van der Waals surface area contributed by atoms with Gasteiger partial charge in [-0.25, -0.2) is 0 Å². The molecule has 0 unspecified atom stereocenters. The Morgan fingerprint density at radius 1 is 1.31 bits per heavy atom. The van der Waals surface area contributed by atoms with Gasteiger partial charge in [-0.3, -0.25) is 4.79 Å². The van der Waals surface area contributed by atoms with E-state index in [-0.39, 0.29) is 5.91 Å². The second kappa shape index (κ2) is 4.09. The number of carbonyl (C=O) groups excluding carboxylic acids is 1. The van der Waals surface area contributed by atoms with Gasteiger partial charge >= 0.3 is 0 Å². The van der Waals surface area contributed by atoms with E-state index in [1.807, 2.05) is 0 Å². The Morgan fingerprint density at radius 2 is 2.08 bits per heavy atom. The first kappa shape index (κ1) is 9.00. The number of hydrogen-bond acceptors (Lipinski definition) is 2. The Balaban J connectivity index is 1.73. The first-order chi connectivity index (χ1) is 6.34. The van der Waals surface area contributed by atoms with Gasteiger partial charge in [-0.05, 0) is 32.4 Å². The maximum atomic E-state index is 11.0. The van der Waals surface area contributed by atoms with Crippen LogP contribution in [0.1, 0.15) is 32.1 Å². The summed E-state index contributed by atoms with van der Waals surface area (Å²) in [6.07, 6.45) is 5.82. The highest BCUT2D eigenvalue weighted by Crippen LogP contribution is 2.13. The number of likely N-dealkylation sites (tertiary alicyclic amines) is 1. The van der Waals surface area contributed by atoms with Crippen molar-refractivity contribution in [3.8, 4) is 0 Å². The van der Waals surface area contributed by atoms with E-state index in [9.17, 15) is 4.79 Å². The normalized spacial score (nSPS) is 30.5. The first-order valence-corrected chi connectivity index (χ1v) is 5.36. The number of piperidine rings is 1. The van der Waals surface area contributed by atoms with Crippen molar-refractivity contribution in [1.82, 2.24) is 10.2 Å². The Labute approximate surface area is 79.5 Å². The van der Waals surface area contributed by atoms with Gasteiger partial charge in [0.25, 0.3) is 0 Å². The van der Waals surface area contributed by atoms with Crippen LogP contribution >= 0.6 is 0 Å². The summed E-state index contributed by atoms with van der Waals surface area (Å²) in [6, 6.07) is 0.436. The molecule has 2 heterocycles. The van der Waals surface area contributed by atoms with Gasteiger partial charge < -0.3 is 10.2 Å². The van der Waals surface area contributed by atoms with Crippen LogP contribution in [-0.2, 0) is 4.79 Å². The fourth-order valence-corrected chi connectivity index (χ4v) is 2.27. The molecule has 2 aliphatic rings. The monoisotopic (exact) mass is 182 g/mol. The second-order valence-electron chi connectivity index (χ2n) is 4.16. The quantitative estimate of drug-likeness (QED) is 0.683. The highest BCUT2D eigenvalue weighted by atomic mass is 16.1. The van der Waals surface area contributed by atoms with Gasteiger partial charge in [0.1, 0.15) is 0 Å². The molecule has 13 heavy (non-hydrogen) atoms. The predicted octanol–water partition coefficient (Wildman–Crippen LogP) is 0.751. The minimum Gasteiger partial charge on any atom is -0.352 e. The average Bonchev–Trinajstić information content (AvgIpc) is 2.53. The number of nitrogens with zero attached hydrogens (tertiary/aromatic N) is 1. The van der Waals surface area contributed by atoms with E-state index in [1.54, 1.807) is 0 Å². The smallest absolute Gasteiger partial charge is 0.220 e.